The van der Waals surface area contributed by atoms with Gasteiger partial charge in [0, 0.05) is 27.5 Å². The van der Waals surface area contributed by atoms with Gasteiger partial charge in [-0.1, -0.05) is 56.3 Å². The highest BCUT2D eigenvalue weighted by atomic mass is 28.4. The van der Waals surface area contributed by atoms with Crippen molar-refractivity contribution in [2.45, 2.75) is 117 Å². The summed E-state index contributed by atoms with van der Waals surface area (Å²) in [5.41, 5.74) is 3.19. The maximum atomic E-state index is 15.4. The molecule has 0 fully saturated rings. The number of rotatable bonds is 13. The number of hydrogen-bond donors (Lipinski definition) is 0. The van der Waals surface area contributed by atoms with E-state index in [9.17, 15) is 0 Å². The van der Waals surface area contributed by atoms with Crippen molar-refractivity contribution >= 4 is 25.9 Å². The lowest BCUT2D eigenvalue weighted by molar-refractivity contribution is -0.135. The second-order valence-electron chi connectivity index (χ2n) is 18.9. The zero-order valence-corrected chi connectivity index (χ0v) is 38.7. The second-order valence-corrected chi connectivity index (χ2v) is 20.8. The van der Waals surface area contributed by atoms with Gasteiger partial charge in [-0.15, -0.1) is 0 Å². The van der Waals surface area contributed by atoms with E-state index in [0.717, 1.165) is 57.2 Å². The average molecular weight is 851 g/mol. The molecule has 2 aliphatic rings. The Kier molecular flexibility index (Phi) is 11.9. The molecule has 324 valence electrons. The SMILES string of the molecule is CCC1(CC)c2cc(F)ccc2-c2c1c1c(c3cc(F)ccc23)OC(c2ccc(OC)cc2)(c2ccc(OCCO[Si](OC(C)(C)C)(OC(C)(C)C)OC(C)(C)C)cc2)C=C1. The number of methoxy groups -OCH3 is 1. The van der Waals surface area contributed by atoms with Crippen LogP contribution in [0.25, 0.3) is 28.0 Å². The van der Waals surface area contributed by atoms with Crippen molar-refractivity contribution in [2.24, 2.45) is 0 Å². The summed E-state index contributed by atoms with van der Waals surface area (Å²) in [5.74, 6) is 1.25. The fraction of sp³-hybridized carbons (Fsp3) is 0.412. The van der Waals surface area contributed by atoms with Crippen LogP contribution in [0.3, 0.4) is 0 Å². The van der Waals surface area contributed by atoms with Crippen LogP contribution in [0, 0.1) is 11.6 Å². The molecule has 7 nitrogen and oxygen atoms in total. The second kappa shape index (κ2) is 16.3. The number of halogens is 2. The van der Waals surface area contributed by atoms with Crippen LogP contribution < -0.4 is 14.2 Å². The van der Waals surface area contributed by atoms with Crippen molar-refractivity contribution in [2.75, 3.05) is 20.3 Å². The molecular weight excluding hydrogens is 791 g/mol. The normalized spacial score (nSPS) is 17.1. The lowest BCUT2D eigenvalue weighted by atomic mass is 9.71. The van der Waals surface area contributed by atoms with Crippen LogP contribution in [0.4, 0.5) is 8.78 Å². The third-order valence-electron chi connectivity index (χ3n) is 11.2. The van der Waals surface area contributed by atoms with Crippen LogP contribution in [0.1, 0.15) is 117 Å². The minimum Gasteiger partial charge on any atom is -0.497 e. The topological polar surface area (TPSA) is 64.6 Å². The molecule has 0 N–H and O–H groups in total. The van der Waals surface area contributed by atoms with Crippen molar-refractivity contribution in [3.63, 3.8) is 0 Å². The number of benzene rings is 5. The summed E-state index contributed by atoms with van der Waals surface area (Å²) in [7, 11) is -2.04. The Morgan fingerprint density at radius 2 is 1.18 bits per heavy atom. The molecule has 0 saturated heterocycles. The summed E-state index contributed by atoms with van der Waals surface area (Å²) in [5, 5.41) is 1.51. The van der Waals surface area contributed by atoms with Crippen molar-refractivity contribution in [1.82, 2.24) is 0 Å². The standard InChI is InChI=1S/C51H60F2O7Si/c1-13-50(14-2)43-32-36(53)20-26-40(43)44-39-25-19-35(52)31-42(39)46-41(45(44)50)27-28-51(57-46,33-15-21-37(54-12)22-16-33)34-17-23-38(24-18-34)55-29-30-56-61(58-47(3,4)5,59-48(6,7)8)60-49(9,10)11/h15-28,31-32H,13-14,29-30H2,1-12H3. The average Bonchev–Trinajstić information content (AvgIpc) is 3.47. The van der Waals surface area contributed by atoms with Crippen LogP contribution in [0.5, 0.6) is 17.2 Å². The molecule has 7 rings (SSSR count). The molecule has 1 atom stereocenters. The number of ether oxygens (including phenoxy) is 3. The molecule has 5 aromatic carbocycles. The van der Waals surface area contributed by atoms with E-state index < -0.39 is 36.9 Å². The Morgan fingerprint density at radius 3 is 1.72 bits per heavy atom. The van der Waals surface area contributed by atoms with Gasteiger partial charge >= 0.3 is 9.05 Å². The van der Waals surface area contributed by atoms with Crippen molar-refractivity contribution in [3.8, 4) is 28.4 Å². The molecular formula is C51H60F2O7Si. The zero-order valence-electron chi connectivity index (χ0n) is 37.7. The first-order valence-corrected chi connectivity index (χ1v) is 22.9. The first-order valence-electron chi connectivity index (χ1n) is 21.3. The monoisotopic (exact) mass is 850 g/mol. The van der Waals surface area contributed by atoms with Crippen molar-refractivity contribution in [1.29, 1.82) is 0 Å². The highest BCUT2D eigenvalue weighted by Gasteiger charge is 2.54. The summed E-state index contributed by atoms with van der Waals surface area (Å²) >= 11 is 0. The van der Waals surface area contributed by atoms with Gasteiger partial charge in [0.15, 0.2) is 5.60 Å². The van der Waals surface area contributed by atoms with Gasteiger partial charge in [0.25, 0.3) is 0 Å². The Hall–Kier alpha value is -4.58. The molecule has 1 unspecified atom stereocenters. The minimum absolute atomic E-state index is 0.163. The first-order chi connectivity index (χ1) is 28.7. The highest BCUT2D eigenvalue weighted by Crippen LogP contribution is 2.60. The smallest absolute Gasteiger partial charge is 0.497 e. The van der Waals surface area contributed by atoms with Crippen LogP contribution >= 0.6 is 0 Å². The summed E-state index contributed by atoms with van der Waals surface area (Å²) in [6.07, 6.45) is 5.69. The first kappa shape index (κ1) is 44.5. The molecule has 61 heavy (non-hydrogen) atoms. The third-order valence-corrected chi connectivity index (χ3v) is 14.3. The third kappa shape index (κ3) is 8.75. The molecule has 1 aliphatic carbocycles. The molecule has 10 heteroatoms. The predicted molar refractivity (Wildman–Crippen MR) is 240 cm³/mol. The summed E-state index contributed by atoms with van der Waals surface area (Å²) in [6, 6.07) is 25.5. The molecule has 1 heterocycles. The van der Waals surface area contributed by atoms with Gasteiger partial charge in [-0.3, -0.25) is 0 Å². The van der Waals surface area contributed by atoms with Gasteiger partial charge in [0.2, 0.25) is 0 Å². The highest BCUT2D eigenvalue weighted by molar-refractivity contribution is 6.54. The zero-order chi connectivity index (χ0) is 44.2. The fourth-order valence-electron chi connectivity index (χ4n) is 8.86. The minimum atomic E-state index is -3.67. The van der Waals surface area contributed by atoms with E-state index in [0.29, 0.717) is 22.6 Å². The Balaban J connectivity index is 1.27. The van der Waals surface area contributed by atoms with Gasteiger partial charge in [-0.05, 0) is 157 Å². The predicted octanol–water partition coefficient (Wildman–Crippen LogP) is 12.8. The molecule has 0 spiro atoms. The molecule has 0 saturated carbocycles. The molecule has 0 bridgehead atoms. The van der Waals surface area contributed by atoms with E-state index >= 15 is 8.78 Å². The maximum Gasteiger partial charge on any atom is 0.681 e. The van der Waals surface area contributed by atoms with Gasteiger partial charge in [0.05, 0.1) is 30.5 Å². The van der Waals surface area contributed by atoms with Crippen LogP contribution in [-0.4, -0.2) is 46.2 Å². The molecule has 5 aromatic rings. The van der Waals surface area contributed by atoms with Crippen LogP contribution in [0.2, 0.25) is 0 Å². The molecule has 1 aliphatic heterocycles. The van der Waals surface area contributed by atoms with E-state index in [1.165, 1.54) is 12.1 Å². The van der Waals surface area contributed by atoms with E-state index in [2.05, 4.69) is 26.0 Å². The summed E-state index contributed by atoms with van der Waals surface area (Å²) in [4.78, 5) is 0. The summed E-state index contributed by atoms with van der Waals surface area (Å²) in [6.45, 7) is 22.3. The fourth-order valence-corrected chi connectivity index (χ4v) is 11.7. The molecule has 0 radical (unpaired) electrons. The Bertz CT molecular complexity index is 2380. The van der Waals surface area contributed by atoms with E-state index in [4.69, 9.17) is 31.9 Å². The van der Waals surface area contributed by atoms with Crippen molar-refractivity contribution in [3.05, 3.63) is 130 Å². The van der Waals surface area contributed by atoms with E-state index in [-0.39, 0.29) is 24.8 Å². The van der Waals surface area contributed by atoms with E-state index in [1.54, 1.807) is 19.2 Å². The molecule has 0 amide bonds. The lowest BCUT2D eigenvalue weighted by Crippen LogP contribution is -2.59. The van der Waals surface area contributed by atoms with Crippen LogP contribution in [-0.2, 0) is 28.7 Å². The quantitative estimate of drug-likeness (QED) is 0.0863. The summed E-state index contributed by atoms with van der Waals surface area (Å²) < 4.78 is 75.4. The maximum absolute atomic E-state index is 15.4. The number of fused-ring (bicyclic) bond motifs is 8. The number of hydrogen-bond acceptors (Lipinski definition) is 7. The van der Waals surface area contributed by atoms with E-state index in [1.807, 2.05) is 123 Å². The van der Waals surface area contributed by atoms with Crippen LogP contribution in [0.15, 0.2) is 91.0 Å². The largest absolute Gasteiger partial charge is 0.681 e. The van der Waals surface area contributed by atoms with Gasteiger partial charge in [0.1, 0.15) is 35.5 Å². The van der Waals surface area contributed by atoms with Gasteiger partial charge in [-0.2, -0.15) is 0 Å². The Morgan fingerprint density at radius 1 is 0.639 bits per heavy atom. The van der Waals surface area contributed by atoms with Gasteiger partial charge in [-0.25, -0.2) is 8.78 Å². The Labute approximate surface area is 361 Å². The van der Waals surface area contributed by atoms with Crippen molar-refractivity contribution < 1.29 is 40.7 Å². The molecule has 0 aromatic heterocycles. The van der Waals surface area contributed by atoms with Gasteiger partial charge < -0.3 is 31.9 Å². The lowest BCUT2D eigenvalue weighted by Gasteiger charge is -2.41.